The first-order valence-corrected chi connectivity index (χ1v) is 10.8. The summed E-state index contributed by atoms with van der Waals surface area (Å²) in [5.74, 6) is 0.337. The van der Waals surface area contributed by atoms with Crippen LogP contribution in [0.3, 0.4) is 0 Å². The fourth-order valence-corrected chi connectivity index (χ4v) is 3.91. The van der Waals surface area contributed by atoms with Gasteiger partial charge >= 0.3 is 0 Å². The van der Waals surface area contributed by atoms with E-state index in [2.05, 4.69) is 24.2 Å². The van der Waals surface area contributed by atoms with Gasteiger partial charge in [-0.15, -0.1) is 0 Å². The van der Waals surface area contributed by atoms with Crippen LogP contribution in [0.1, 0.15) is 32.3 Å². The molecule has 0 spiro atoms. The summed E-state index contributed by atoms with van der Waals surface area (Å²) in [6, 6.07) is 10.3. The Bertz CT molecular complexity index is 682. The third kappa shape index (κ3) is 4.59. The van der Waals surface area contributed by atoms with Gasteiger partial charge in [-0.05, 0) is 29.6 Å². The van der Waals surface area contributed by atoms with Crippen LogP contribution in [0, 0.1) is 4.77 Å². The predicted molar refractivity (Wildman–Crippen MR) is 99.9 cm³/mol. The molecule has 7 heteroatoms. The van der Waals surface area contributed by atoms with Crippen molar-refractivity contribution in [3.63, 3.8) is 0 Å². The highest BCUT2D eigenvalue weighted by Gasteiger charge is 2.16. The van der Waals surface area contributed by atoms with E-state index in [1.165, 1.54) is 5.56 Å². The summed E-state index contributed by atoms with van der Waals surface area (Å²) in [4.78, 5) is 0. The molecule has 0 aliphatic carbocycles. The van der Waals surface area contributed by atoms with Crippen molar-refractivity contribution in [2.24, 2.45) is 0 Å². The van der Waals surface area contributed by atoms with Crippen LogP contribution in [0.5, 0.6) is 0 Å². The van der Waals surface area contributed by atoms with E-state index in [-0.39, 0.29) is 0 Å². The Hall–Kier alpha value is -0.810. The first-order chi connectivity index (χ1) is 10.5. The SMILES string of the molecule is CC.COP(C)(=S)n1cnn(CC(C)c2ccccc2)c1=S. The van der Waals surface area contributed by atoms with Gasteiger partial charge in [0.2, 0.25) is 4.77 Å². The number of rotatable bonds is 5. The molecule has 0 aliphatic rings. The minimum absolute atomic E-state index is 0.337. The maximum atomic E-state index is 5.45. The van der Waals surface area contributed by atoms with Gasteiger partial charge in [-0.25, -0.2) is 4.68 Å². The van der Waals surface area contributed by atoms with E-state index >= 15 is 0 Å². The molecule has 0 aliphatic heterocycles. The van der Waals surface area contributed by atoms with Crippen molar-refractivity contribution in [3.05, 3.63) is 47.0 Å². The molecule has 22 heavy (non-hydrogen) atoms. The predicted octanol–water partition coefficient (Wildman–Crippen LogP) is 4.68. The van der Waals surface area contributed by atoms with Gasteiger partial charge in [0.05, 0.1) is 6.54 Å². The summed E-state index contributed by atoms with van der Waals surface area (Å²) >= 11 is 10.9. The zero-order chi connectivity index (χ0) is 16.8. The Balaban J connectivity index is 0.00000116. The molecule has 1 aromatic heterocycles. The van der Waals surface area contributed by atoms with Gasteiger partial charge in [0, 0.05) is 19.7 Å². The summed E-state index contributed by atoms with van der Waals surface area (Å²) in [5, 5.41) is 4.35. The highest BCUT2D eigenvalue weighted by atomic mass is 32.4. The summed E-state index contributed by atoms with van der Waals surface area (Å²) < 4.78 is 9.62. The van der Waals surface area contributed by atoms with Crippen LogP contribution >= 0.6 is 18.6 Å². The lowest BCUT2D eigenvalue weighted by Crippen LogP contribution is -2.08. The molecular weight excluding hydrogens is 333 g/mol. The third-order valence-corrected chi connectivity index (χ3v) is 6.53. The first kappa shape index (κ1) is 19.2. The summed E-state index contributed by atoms with van der Waals surface area (Å²) in [6.07, 6.45) is -0.411. The minimum atomic E-state index is -2.10. The molecule has 0 fully saturated rings. The second kappa shape index (κ2) is 8.73. The quantitative estimate of drug-likeness (QED) is 0.574. The van der Waals surface area contributed by atoms with Gasteiger partial charge in [-0.2, -0.15) is 5.10 Å². The average molecular weight is 357 g/mol. The standard InChI is InChI=1S/C13H18N3OPS2.C2H6/c1-11(12-7-5-4-6-8-12)9-15-13(19)16(10-14-15)18(3,20)17-2;1-2/h4-8,10-11H,9H2,1-3H3;1-2H3. The van der Waals surface area contributed by atoms with Crippen LogP contribution in [0.15, 0.2) is 36.7 Å². The molecule has 1 heterocycles. The smallest absolute Gasteiger partial charge is 0.203 e. The topological polar surface area (TPSA) is 32.0 Å². The van der Waals surface area contributed by atoms with Crippen molar-refractivity contribution in [1.82, 2.24) is 14.1 Å². The molecule has 0 bridgehead atoms. The monoisotopic (exact) mass is 357 g/mol. The van der Waals surface area contributed by atoms with Gasteiger partial charge < -0.3 is 4.52 Å². The van der Waals surface area contributed by atoms with E-state index in [9.17, 15) is 0 Å². The molecule has 0 amide bonds. The zero-order valence-electron chi connectivity index (χ0n) is 13.8. The summed E-state index contributed by atoms with van der Waals surface area (Å²) in [6.45, 7) is 8.79. The van der Waals surface area contributed by atoms with E-state index in [1.807, 2.05) is 43.4 Å². The van der Waals surface area contributed by atoms with E-state index in [1.54, 1.807) is 17.8 Å². The van der Waals surface area contributed by atoms with Crippen LogP contribution in [0.2, 0.25) is 0 Å². The van der Waals surface area contributed by atoms with Crippen molar-refractivity contribution in [2.45, 2.75) is 33.2 Å². The third-order valence-electron chi connectivity index (χ3n) is 3.26. The van der Waals surface area contributed by atoms with E-state index < -0.39 is 6.42 Å². The molecule has 0 N–H and O–H groups in total. The maximum Gasteiger partial charge on any atom is 0.203 e. The lowest BCUT2D eigenvalue weighted by molar-refractivity contribution is 0.455. The molecule has 2 aromatic rings. The fourth-order valence-electron chi connectivity index (χ4n) is 1.94. The molecule has 122 valence electrons. The number of hydrogen-bond donors (Lipinski definition) is 0. The zero-order valence-corrected chi connectivity index (χ0v) is 16.3. The normalized spacial score (nSPS) is 14.6. The van der Waals surface area contributed by atoms with E-state index in [0.717, 1.165) is 6.54 Å². The van der Waals surface area contributed by atoms with Gasteiger partial charge in [0.1, 0.15) is 6.33 Å². The number of hydrogen-bond acceptors (Lipinski definition) is 4. The van der Waals surface area contributed by atoms with Crippen LogP contribution in [-0.2, 0) is 22.9 Å². The first-order valence-electron chi connectivity index (χ1n) is 7.29. The van der Waals surface area contributed by atoms with Crippen molar-refractivity contribution in [1.29, 1.82) is 0 Å². The number of benzene rings is 1. The highest BCUT2D eigenvalue weighted by molar-refractivity contribution is 8.11. The van der Waals surface area contributed by atoms with Crippen molar-refractivity contribution in [2.75, 3.05) is 13.8 Å². The van der Waals surface area contributed by atoms with Crippen molar-refractivity contribution in [3.8, 4) is 0 Å². The number of aromatic nitrogens is 3. The molecule has 0 radical (unpaired) electrons. The highest BCUT2D eigenvalue weighted by Crippen LogP contribution is 2.43. The average Bonchev–Trinajstić information content (AvgIpc) is 2.92. The lowest BCUT2D eigenvalue weighted by atomic mass is 10.0. The molecule has 0 saturated heterocycles. The molecule has 0 saturated carbocycles. The molecule has 1 aromatic carbocycles. The largest absolute Gasteiger partial charge is 0.337 e. The maximum absolute atomic E-state index is 5.45. The molecule has 2 rings (SSSR count). The Morgan fingerprint density at radius 3 is 2.41 bits per heavy atom. The van der Waals surface area contributed by atoms with Crippen LogP contribution in [0.25, 0.3) is 0 Å². The Morgan fingerprint density at radius 2 is 1.86 bits per heavy atom. The Kier molecular flexibility index (Phi) is 7.63. The lowest BCUT2D eigenvalue weighted by Gasteiger charge is -2.15. The van der Waals surface area contributed by atoms with Gasteiger partial charge in [-0.3, -0.25) is 4.34 Å². The minimum Gasteiger partial charge on any atom is -0.337 e. The number of nitrogens with zero attached hydrogens (tertiary/aromatic N) is 3. The summed E-state index contributed by atoms with van der Waals surface area (Å²) in [5.41, 5.74) is 1.27. The van der Waals surface area contributed by atoms with Gasteiger partial charge in [0.15, 0.2) is 6.42 Å². The van der Waals surface area contributed by atoms with Gasteiger partial charge in [0.25, 0.3) is 0 Å². The van der Waals surface area contributed by atoms with E-state index in [0.29, 0.717) is 10.7 Å². The second-order valence-corrected chi connectivity index (χ2v) is 9.54. The molecule has 4 nitrogen and oxygen atoms in total. The van der Waals surface area contributed by atoms with Gasteiger partial charge in [-0.1, -0.05) is 51.1 Å². The molecule has 2 atom stereocenters. The van der Waals surface area contributed by atoms with Crippen molar-refractivity contribution < 1.29 is 4.52 Å². The summed E-state index contributed by atoms with van der Waals surface area (Å²) in [7, 11) is 1.62. The second-order valence-electron chi connectivity index (χ2n) is 4.74. The fraction of sp³-hybridized carbons (Fsp3) is 0.467. The Morgan fingerprint density at radius 1 is 1.27 bits per heavy atom. The molecular formula is C15H24N3OPS2. The van der Waals surface area contributed by atoms with Crippen LogP contribution < -0.4 is 0 Å². The van der Waals surface area contributed by atoms with Crippen LogP contribution in [-0.4, -0.2) is 27.9 Å². The van der Waals surface area contributed by atoms with E-state index in [4.69, 9.17) is 28.5 Å². The van der Waals surface area contributed by atoms with Crippen molar-refractivity contribution >= 4 is 30.4 Å². The molecule has 2 unspecified atom stereocenters. The van der Waals surface area contributed by atoms with Crippen LogP contribution in [0.4, 0.5) is 0 Å². The Labute approximate surface area is 143 Å².